The van der Waals surface area contributed by atoms with E-state index in [1.807, 2.05) is 6.92 Å². The van der Waals surface area contributed by atoms with Crippen LogP contribution >= 0.6 is 0 Å². The van der Waals surface area contributed by atoms with Gasteiger partial charge in [0.05, 0.1) is 0 Å². The van der Waals surface area contributed by atoms with Gasteiger partial charge >= 0.3 is 0 Å². The zero-order valence-corrected chi connectivity index (χ0v) is 13.0. The van der Waals surface area contributed by atoms with Crippen LogP contribution in [0, 0.1) is 11.6 Å². The van der Waals surface area contributed by atoms with Crippen molar-refractivity contribution in [3.63, 3.8) is 0 Å². The van der Waals surface area contributed by atoms with Crippen LogP contribution in [0.15, 0.2) is 12.1 Å². The van der Waals surface area contributed by atoms with E-state index in [1.54, 1.807) is 11.9 Å². The Kier molecular flexibility index (Phi) is 5.57. The monoisotopic (exact) mass is 296 g/mol. The molecule has 1 aliphatic carbocycles. The van der Waals surface area contributed by atoms with Gasteiger partial charge < -0.3 is 10.6 Å². The second kappa shape index (κ2) is 7.21. The van der Waals surface area contributed by atoms with Gasteiger partial charge in [-0.1, -0.05) is 26.2 Å². The first-order chi connectivity index (χ1) is 10.0. The van der Waals surface area contributed by atoms with Gasteiger partial charge in [0.25, 0.3) is 0 Å². The number of rotatable bonds is 5. The lowest BCUT2D eigenvalue weighted by Crippen LogP contribution is -2.34. The number of hydrogen-bond acceptors (Lipinski definition) is 2. The highest BCUT2D eigenvalue weighted by Crippen LogP contribution is 2.30. The van der Waals surface area contributed by atoms with Gasteiger partial charge in [0.2, 0.25) is 0 Å². The molecule has 1 aromatic rings. The molecule has 1 aliphatic rings. The van der Waals surface area contributed by atoms with Crippen LogP contribution in [-0.2, 0) is 6.42 Å². The summed E-state index contributed by atoms with van der Waals surface area (Å²) in [6.07, 6.45) is 6.84. The van der Waals surface area contributed by atoms with Crippen molar-refractivity contribution in [2.24, 2.45) is 5.73 Å². The van der Waals surface area contributed by atoms with Crippen molar-refractivity contribution in [1.29, 1.82) is 0 Å². The molecule has 4 heteroatoms. The summed E-state index contributed by atoms with van der Waals surface area (Å²) in [5.41, 5.74) is 6.61. The van der Waals surface area contributed by atoms with Crippen LogP contribution < -0.4 is 10.6 Å². The Labute approximate surface area is 126 Å². The zero-order valence-electron chi connectivity index (χ0n) is 13.0. The van der Waals surface area contributed by atoms with E-state index in [0.29, 0.717) is 12.0 Å². The van der Waals surface area contributed by atoms with Crippen LogP contribution in [0.25, 0.3) is 0 Å². The summed E-state index contributed by atoms with van der Waals surface area (Å²) in [6.45, 7) is 1.97. The second-order valence-electron chi connectivity index (χ2n) is 6.18. The van der Waals surface area contributed by atoms with Gasteiger partial charge in [-0.15, -0.1) is 0 Å². The third-order valence-corrected chi connectivity index (χ3v) is 4.57. The Hall–Kier alpha value is -1.16. The molecule has 0 amide bonds. The van der Waals surface area contributed by atoms with E-state index in [1.165, 1.54) is 18.6 Å². The summed E-state index contributed by atoms with van der Waals surface area (Å²) in [4.78, 5) is 1.79. The van der Waals surface area contributed by atoms with Gasteiger partial charge in [0, 0.05) is 19.1 Å². The van der Waals surface area contributed by atoms with Gasteiger partial charge in [-0.3, -0.25) is 0 Å². The summed E-state index contributed by atoms with van der Waals surface area (Å²) in [7, 11) is 1.80. The minimum Gasteiger partial charge on any atom is -0.367 e. The van der Waals surface area contributed by atoms with E-state index in [9.17, 15) is 8.78 Å². The molecule has 118 valence electrons. The van der Waals surface area contributed by atoms with Crippen molar-refractivity contribution in [1.82, 2.24) is 0 Å². The normalized spacial score (nSPS) is 17.8. The molecule has 0 saturated heterocycles. The summed E-state index contributed by atoms with van der Waals surface area (Å²) >= 11 is 0. The number of nitrogens with zero attached hydrogens (tertiary/aromatic N) is 1. The lowest BCUT2D eigenvalue weighted by Gasteiger charge is -2.33. The van der Waals surface area contributed by atoms with Crippen molar-refractivity contribution in [3.8, 4) is 0 Å². The number of hydrogen-bond donors (Lipinski definition) is 1. The van der Waals surface area contributed by atoms with E-state index in [0.717, 1.165) is 32.1 Å². The first-order valence-corrected chi connectivity index (χ1v) is 7.99. The second-order valence-corrected chi connectivity index (χ2v) is 6.18. The zero-order chi connectivity index (χ0) is 15.4. The Morgan fingerprint density at radius 3 is 2.29 bits per heavy atom. The molecule has 0 aromatic heterocycles. The molecule has 2 nitrogen and oxygen atoms in total. The van der Waals surface area contributed by atoms with Gasteiger partial charge in [0.15, 0.2) is 0 Å². The standard InChI is InChI=1S/C17H26F2N2/c1-3-13(20)9-12-10-15(18)17(16(19)11-12)21(2)14-7-5-4-6-8-14/h10-11,13-14H,3-9,20H2,1-2H3. The largest absolute Gasteiger partial charge is 0.367 e. The fraction of sp³-hybridized carbons (Fsp3) is 0.647. The van der Waals surface area contributed by atoms with Crippen LogP contribution in [0.5, 0.6) is 0 Å². The first kappa shape index (κ1) is 16.2. The minimum atomic E-state index is -0.471. The summed E-state index contributed by atoms with van der Waals surface area (Å²) in [5.74, 6) is -0.942. The van der Waals surface area contributed by atoms with Crippen molar-refractivity contribution in [2.45, 2.75) is 64.0 Å². The smallest absolute Gasteiger partial charge is 0.149 e. The van der Waals surface area contributed by atoms with Crippen molar-refractivity contribution in [3.05, 3.63) is 29.3 Å². The lowest BCUT2D eigenvalue weighted by atomic mass is 9.94. The molecule has 0 spiro atoms. The van der Waals surface area contributed by atoms with E-state index < -0.39 is 11.6 Å². The average molecular weight is 296 g/mol. The maximum Gasteiger partial charge on any atom is 0.149 e. The minimum absolute atomic E-state index is 0.0503. The summed E-state index contributed by atoms with van der Waals surface area (Å²) in [6, 6.07) is 3.07. The third-order valence-electron chi connectivity index (χ3n) is 4.57. The van der Waals surface area contributed by atoms with Gasteiger partial charge in [0.1, 0.15) is 17.3 Å². The Morgan fingerprint density at radius 1 is 1.19 bits per heavy atom. The molecule has 21 heavy (non-hydrogen) atoms. The fourth-order valence-electron chi connectivity index (χ4n) is 3.17. The quantitative estimate of drug-likeness (QED) is 0.889. The van der Waals surface area contributed by atoms with E-state index in [4.69, 9.17) is 5.73 Å². The van der Waals surface area contributed by atoms with Crippen molar-refractivity contribution in [2.75, 3.05) is 11.9 Å². The van der Waals surface area contributed by atoms with Gasteiger partial charge in [-0.05, 0) is 43.4 Å². The Balaban J connectivity index is 2.19. The molecular formula is C17H26F2N2. The topological polar surface area (TPSA) is 29.3 Å². The molecule has 1 aromatic carbocycles. The van der Waals surface area contributed by atoms with Crippen molar-refractivity contribution >= 4 is 5.69 Å². The summed E-state index contributed by atoms with van der Waals surface area (Å²) in [5, 5.41) is 0. The first-order valence-electron chi connectivity index (χ1n) is 7.99. The highest BCUT2D eigenvalue weighted by Gasteiger charge is 2.23. The van der Waals surface area contributed by atoms with Crippen LogP contribution in [0.1, 0.15) is 51.0 Å². The summed E-state index contributed by atoms with van der Waals surface area (Å²) < 4.78 is 28.7. The SMILES string of the molecule is CCC(N)Cc1cc(F)c(N(C)C2CCCCC2)c(F)c1. The molecule has 1 atom stereocenters. The lowest BCUT2D eigenvalue weighted by molar-refractivity contribution is 0.420. The maximum atomic E-state index is 14.3. The molecule has 1 fully saturated rings. The third kappa shape index (κ3) is 3.94. The maximum absolute atomic E-state index is 14.3. The molecular weight excluding hydrogens is 270 g/mol. The van der Waals surface area contributed by atoms with E-state index in [2.05, 4.69) is 0 Å². The molecule has 2 N–H and O–H groups in total. The predicted molar refractivity (Wildman–Crippen MR) is 83.6 cm³/mol. The number of nitrogens with two attached hydrogens (primary N) is 1. The number of anilines is 1. The number of benzene rings is 1. The predicted octanol–water partition coefficient (Wildman–Crippen LogP) is 4.01. The van der Waals surface area contributed by atoms with Gasteiger partial charge in [-0.2, -0.15) is 0 Å². The van der Waals surface area contributed by atoms with Crippen LogP contribution in [0.4, 0.5) is 14.5 Å². The van der Waals surface area contributed by atoms with E-state index >= 15 is 0 Å². The molecule has 0 bridgehead atoms. The molecule has 0 aliphatic heterocycles. The van der Waals surface area contributed by atoms with Crippen LogP contribution in [0.2, 0.25) is 0 Å². The highest BCUT2D eigenvalue weighted by atomic mass is 19.1. The van der Waals surface area contributed by atoms with Crippen LogP contribution in [0.3, 0.4) is 0 Å². The van der Waals surface area contributed by atoms with E-state index in [-0.39, 0.29) is 17.8 Å². The fourth-order valence-corrected chi connectivity index (χ4v) is 3.17. The van der Waals surface area contributed by atoms with Crippen LogP contribution in [-0.4, -0.2) is 19.1 Å². The molecule has 1 saturated carbocycles. The highest BCUT2D eigenvalue weighted by molar-refractivity contribution is 5.51. The molecule has 0 heterocycles. The van der Waals surface area contributed by atoms with Gasteiger partial charge in [-0.25, -0.2) is 8.78 Å². The average Bonchev–Trinajstić information content (AvgIpc) is 2.47. The molecule has 2 rings (SSSR count). The Morgan fingerprint density at radius 2 is 1.76 bits per heavy atom. The number of halogens is 2. The van der Waals surface area contributed by atoms with Crippen molar-refractivity contribution < 1.29 is 8.78 Å². The Bertz CT molecular complexity index is 447. The molecule has 0 radical (unpaired) electrons. The molecule has 1 unspecified atom stereocenters.